The van der Waals surface area contributed by atoms with Crippen LogP contribution in [0.5, 0.6) is 0 Å². The highest BCUT2D eigenvalue weighted by Crippen LogP contribution is 2.30. The molecule has 31 heavy (non-hydrogen) atoms. The number of anilines is 1. The summed E-state index contributed by atoms with van der Waals surface area (Å²) in [5, 5.41) is 4.29. The standard InChI is InChI=1S/C22H31N5O2S2/c1-2-3-4-5-6-10-30-22-24-21(31-25-22)23-19(28)15-26-12-16-11-17(14-26)18-8-7-9-20(29)27(18)13-16/h7-9,16-17H,2-6,10-15H2,1H3,(H,23,24,25,28)/p+1. The number of quaternary nitrogens is 1. The average molecular weight is 463 g/mol. The third-order valence-corrected chi connectivity index (χ3v) is 7.90. The minimum absolute atomic E-state index is 0.00677. The van der Waals surface area contributed by atoms with Gasteiger partial charge in [-0.05, 0) is 18.9 Å². The molecule has 2 aromatic rings. The Bertz CT molecular complexity index is 944. The molecule has 2 aromatic heterocycles. The number of likely N-dealkylation sites (tertiary alicyclic amines) is 1. The Morgan fingerprint density at radius 1 is 1.29 bits per heavy atom. The minimum Gasteiger partial charge on any atom is -0.326 e. The lowest BCUT2D eigenvalue weighted by Gasteiger charge is -2.40. The van der Waals surface area contributed by atoms with Crippen LogP contribution in [0.3, 0.4) is 0 Å². The molecule has 2 N–H and O–H groups in total. The molecule has 3 unspecified atom stereocenters. The van der Waals surface area contributed by atoms with Crippen molar-refractivity contribution in [3.63, 3.8) is 0 Å². The molecular weight excluding hydrogens is 430 g/mol. The first kappa shape index (κ1) is 22.5. The van der Waals surface area contributed by atoms with E-state index in [0.717, 1.165) is 42.7 Å². The second-order valence-corrected chi connectivity index (χ2v) is 10.5. The summed E-state index contributed by atoms with van der Waals surface area (Å²) in [4.78, 5) is 30.5. The number of carbonyl (C=O) groups excluding carboxylic acids is 1. The third-order valence-electron chi connectivity index (χ3n) is 6.22. The number of hydrogen-bond acceptors (Lipinski definition) is 6. The van der Waals surface area contributed by atoms with Crippen molar-refractivity contribution in [2.24, 2.45) is 5.92 Å². The molecule has 0 radical (unpaired) electrons. The van der Waals surface area contributed by atoms with Gasteiger partial charge in [-0.15, -0.1) is 0 Å². The van der Waals surface area contributed by atoms with Crippen LogP contribution in [0.2, 0.25) is 0 Å². The maximum absolute atomic E-state index is 12.6. The zero-order valence-electron chi connectivity index (χ0n) is 18.1. The van der Waals surface area contributed by atoms with Crippen LogP contribution < -0.4 is 15.8 Å². The second-order valence-electron chi connectivity index (χ2n) is 8.73. The number of pyridine rings is 1. The van der Waals surface area contributed by atoms with Crippen molar-refractivity contribution in [1.82, 2.24) is 13.9 Å². The van der Waals surface area contributed by atoms with Crippen LogP contribution in [0, 0.1) is 5.92 Å². The quantitative estimate of drug-likeness (QED) is 0.419. The van der Waals surface area contributed by atoms with Crippen LogP contribution >= 0.6 is 23.3 Å². The van der Waals surface area contributed by atoms with Crippen molar-refractivity contribution in [1.29, 1.82) is 0 Å². The molecule has 4 heterocycles. The smallest absolute Gasteiger partial charge is 0.281 e. The maximum Gasteiger partial charge on any atom is 0.281 e. The molecule has 0 aliphatic carbocycles. The number of nitrogens with zero attached hydrogens (tertiary/aromatic N) is 3. The molecule has 1 amide bonds. The lowest BCUT2D eigenvalue weighted by Crippen LogP contribution is -3.15. The molecule has 3 atom stereocenters. The van der Waals surface area contributed by atoms with Crippen LogP contribution in [-0.4, -0.2) is 45.2 Å². The highest BCUT2D eigenvalue weighted by atomic mass is 32.2. The van der Waals surface area contributed by atoms with Gasteiger partial charge in [0.05, 0.1) is 13.1 Å². The SMILES string of the molecule is CCCCCCCSc1nsc(NC(=O)C[NH+]2CC3CC(C2)c2cccc(=O)n2C3)n1. The van der Waals surface area contributed by atoms with Crippen molar-refractivity contribution >= 4 is 34.3 Å². The fraction of sp³-hybridized carbons (Fsp3) is 0.636. The number of rotatable bonds is 10. The fourth-order valence-corrected chi connectivity index (χ4v) is 6.40. The van der Waals surface area contributed by atoms with E-state index in [4.69, 9.17) is 0 Å². The van der Waals surface area contributed by atoms with Crippen LogP contribution in [0.1, 0.15) is 57.1 Å². The van der Waals surface area contributed by atoms with Gasteiger partial charge in [0.25, 0.3) is 11.5 Å². The van der Waals surface area contributed by atoms with Gasteiger partial charge in [-0.1, -0.05) is 50.4 Å². The number of fused-ring (bicyclic) bond motifs is 4. The summed E-state index contributed by atoms with van der Waals surface area (Å²) in [5.41, 5.74) is 1.22. The summed E-state index contributed by atoms with van der Waals surface area (Å²) in [5.74, 6) is 1.83. The van der Waals surface area contributed by atoms with Crippen LogP contribution in [0.4, 0.5) is 5.13 Å². The first-order valence-electron chi connectivity index (χ1n) is 11.4. The van der Waals surface area contributed by atoms with Gasteiger partial charge >= 0.3 is 0 Å². The van der Waals surface area contributed by atoms with Gasteiger partial charge in [-0.3, -0.25) is 14.9 Å². The van der Waals surface area contributed by atoms with Gasteiger partial charge in [0.2, 0.25) is 10.3 Å². The number of carbonyl (C=O) groups is 1. The number of nitrogens with one attached hydrogen (secondary N) is 2. The van der Waals surface area contributed by atoms with Crippen LogP contribution in [0.25, 0.3) is 0 Å². The molecule has 4 rings (SSSR count). The predicted molar refractivity (Wildman–Crippen MR) is 125 cm³/mol. The number of piperidine rings is 1. The summed E-state index contributed by atoms with van der Waals surface area (Å²) in [6.45, 7) is 5.25. The molecule has 0 saturated carbocycles. The lowest BCUT2D eigenvalue weighted by molar-refractivity contribution is -0.903. The molecule has 1 fully saturated rings. The van der Waals surface area contributed by atoms with E-state index in [1.165, 1.54) is 48.5 Å². The Balaban J connectivity index is 1.24. The summed E-state index contributed by atoms with van der Waals surface area (Å²) in [6.07, 6.45) is 7.42. The number of hydrogen-bond donors (Lipinski definition) is 2. The number of thioether (sulfide) groups is 1. The fourth-order valence-electron chi connectivity index (χ4n) is 4.84. The Labute approximate surface area is 191 Å². The molecule has 2 aliphatic rings. The van der Waals surface area contributed by atoms with E-state index in [1.54, 1.807) is 17.8 Å². The maximum atomic E-state index is 12.6. The molecule has 2 aliphatic heterocycles. The Morgan fingerprint density at radius 2 is 2.16 bits per heavy atom. The van der Waals surface area contributed by atoms with Crippen LogP contribution in [0.15, 0.2) is 28.2 Å². The van der Waals surface area contributed by atoms with Gasteiger partial charge in [0, 0.05) is 47.4 Å². The van der Waals surface area contributed by atoms with E-state index in [1.807, 2.05) is 10.6 Å². The Morgan fingerprint density at radius 3 is 3.03 bits per heavy atom. The molecule has 0 aromatic carbocycles. The zero-order chi connectivity index (χ0) is 21.6. The largest absolute Gasteiger partial charge is 0.326 e. The number of amides is 1. The van der Waals surface area contributed by atoms with E-state index in [9.17, 15) is 9.59 Å². The van der Waals surface area contributed by atoms with Gasteiger partial charge in [0.1, 0.15) is 0 Å². The highest BCUT2D eigenvalue weighted by molar-refractivity contribution is 7.99. The average Bonchev–Trinajstić information content (AvgIpc) is 3.18. The molecule has 2 bridgehead atoms. The zero-order valence-corrected chi connectivity index (χ0v) is 19.8. The van der Waals surface area contributed by atoms with Gasteiger partial charge < -0.3 is 9.47 Å². The molecule has 0 spiro atoms. The first-order chi connectivity index (χ1) is 15.1. The van der Waals surface area contributed by atoms with Gasteiger partial charge in [-0.2, -0.15) is 9.36 Å². The van der Waals surface area contributed by atoms with Crippen molar-refractivity contribution in [3.05, 3.63) is 34.2 Å². The first-order valence-corrected chi connectivity index (χ1v) is 13.2. The molecular formula is C22H32N5O2S2+. The number of aromatic nitrogens is 3. The van der Waals surface area contributed by atoms with E-state index in [2.05, 4.69) is 27.7 Å². The normalized spacial score (nSPS) is 22.2. The summed E-state index contributed by atoms with van der Waals surface area (Å²) >= 11 is 2.93. The molecule has 9 heteroatoms. The second kappa shape index (κ2) is 10.7. The van der Waals surface area contributed by atoms with Gasteiger partial charge in [0.15, 0.2) is 6.54 Å². The lowest BCUT2D eigenvalue weighted by atomic mass is 9.83. The van der Waals surface area contributed by atoms with E-state index in [-0.39, 0.29) is 11.5 Å². The number of unbranched alkanes of at least 4 members (excludes halogenated alkanes) is 4. The molecule has 7 nitrogen and oxygen atoms in total. The molecule has 1 saturated heterocycles. The molecule has 168 valence electrons. The van der Waals surface area contributed by atoms with Crippen molar-refractivity contribution < 1.29 is 9.69 Å². The topological polar surface area (TPSA) is 81.3 Å². The summed E-state index contributed by atoms with van der Waals surface area (Å²) < 4.78 is 6.30. The highest BCUT2D eigenvalue weighted by Gasteiger charge is 2.37. The third kappa shape index (κ3) is 5.96. The van der Waals surface area contributed by atoms with E-state index < -0.39 is 0 Å². The Kier molecular flexibility index (Phi) is 7.79. The predicted octanol–water partition coefficient (Wildman–Crippen LogP) is 2.40. The van der Waals surface area contributed by atoms with Crippen molar-refractivity contribution in [2.75, 3.05) is 30.7 Å². The summed E-state index contributed by atoms with van der Waals surface area (Å²) in [6, 6.07) is 5.56. The van der Waals surface area contributed by atoms with Crippen LogP contribution in [-0.2, 0) is 11.3 Å². The van der Waals surface area contributed by atoms with E-state index >= 15 is 0 Å². The van der Waals surface area contributed by atoms with E-state index in [0.29, 0.717) is 23.5 Å². The minimum atomic E-state index is -0.00677. The van der Waals surface area contributed by atoms with Gasteiger partial charge in [-0.25, -0.2) is 0 Å². The summed E-state index contributed by atoms with van der Waals surface area (Å²) in [7, 11) is 0. The van der Waals surface area contributed by atoms with Crippen molar-refractivity contribution in [2.45, 2.75) is 63.1 Å². The monoisotopic (exact) mass is 462 g/mol. The van der Waals surface area contributed by atoms with Crippen molar-refractivity contribution in [3.8, 4) is 0 Å². The Hall–Kier alpha value is -1.71.